The van der Waals surface area contributed by atoms with Crippen LogP contribution in [0.3, 0.4) is 0 Å². The van der Waals surface area contributed by atoms with E-state index in [4.69, 9.17) is 9.15 Å². The molecule has 1 aliphatic rings. The number of ether oxygens (including phenoxy) is 1. The van der Waals surface area contributed by atoms with Crippen LogP contribution in [0.15, 0.2) is 82.3 Å². The van der Waals surface area contributed by atoms with Gasteiger partial charge in [-0.2, -0.15) is 0 Å². The Morgan fingerprint density at radius 3 is 2.42 bits per heavy atom. The number of unbranched alkanes of at least 4 members (excludes halogenated alkanes) is 3. The number of rotatable bonds is 10. The number of hydrogen-bond acceptors (Lipinski definition) is 7. The number of aromatic nitrogens is 2. The molecule has 0 saturated carbocycles. The Kier molecular flexibility index (Phi) is 7.88. The lowest BCUT2D eigenvalue weighted by Gasteiger charge is -2.34. The summed E-state index contributed by atoms with van der Waals surface area (Å²) in [4.78, 5) is 26.2. The molecule has 0 amide bonds. The van der Waals surface area contributed by atoms with Crippen molar-refractivity contribution >= 4 is 16.9 Å². The highest BCUT2D eigenvalue weighted by molar-refractivity contribution is 5.80. The van der Waals surface area contributed by atoms with Crippen molar-refractivity contribution in [3.8, 4) is 17.1 Å². The van der Waals surface area contributed by atoms with E-state index in [-0.39, 0.29) is 5.43 Å². The van der Waals surface area contributed by atoms with Crippen LogP contribution in [-0.4, -0.2) is 54.2 Å². The van der Waals surface area contributed by atoms with Gasteiger partial charge in [0, 0.05) is 50.2 Å². The van der Waals surface area contributed by atoms with Gasteiger partial charge < -0.3 is 14.1 Å². The van der Waals surface area contributed by atoms with Crippen molar-refractivity contribution in [3.05, 3.63) is 83.3 Å². The molecule has 1 fully saturated rings. The minimum atomic E-state index is -0.0577. The van der Waals surface area contributed by atoms with Crippen LogP contribution in [0.4, 0.5) is 5.95 Å². The molecular weight excluding hydrogens is 452 g/mol. The monoisotopic (exact) mass is 484 g/mol. The Bertz CT molecular complexity index is 1300. The first-order valence-corrected chi connectivity index (χ1v) is 12.8. The number of piperazine rings is 1. The number of hydrogen-bond donors (Lipinski definition) is 0. The van der Waals surface area contributed by atoms with Crippen molar-refractivity contribution in [2.75, 3.05) is 44.2 Å². The molecule has 1 saturated heterocycles. The highest BCUT2D eigenvalue weighted by Gasteiger charge is 2.18. The summed E-state index contributed by atoms with van der Waals surface area (Å²) in [6.07, 6.45) is 8.12. The van der Waals surface area contributed by atoms with E-state index in [0.717, 1.165) is 57.1 Å². The quantitative estimate of drug-likeness (QED) is 0.293. The van der Waals surface area contributed by atoms with E-state index < -0.39 is 0 Å². The molecule has 0 N–H and O–H groups in total. The third kappa shape index (κ3) is 6.10. The third-order valence-corrected chi connectivity index (χ3v) is 6.60. The van der Waals surface area contributed by atoms with Crippen LogP contribution in [0.5, 0.6) is 5.75 Å². The Labute approximate surface area is 211 Å². The molecule has 7 nitrogen and oxygen atoms in total. The van der Waals surface area contributed by atoms with Gasteiger partial charge in [-0.1, -0.05) is 43.2 Å². The van der Waals surface area contributed by atoms with Gasteiger partial charge in [0.2, 0.25) is 5.95 Å². The fourth-order valence-electron chi connectivity index (χ4n) is 4.58. The maximum absolute atomic E-state index is 12.7. The summed E-state index contributed by atoms with van der Waals surface area (Å²) in [7, 11) is 0. The average Bonchev–Trinajstić information content (AvgIpc) is 2.94. The summed E-state index contributed by atoms with van der Waals surface area (Å²) in [5, 5.41) is 0.547. The van der Waals surface area contributed by atoms with Crippen molar-refractivity contribution in [3.63, 3.8) is 0 Å². The van der Waals surface area contributed by atoms with E-state index in [1.54, 1.807) is 24.5 Å². The first kappa shape index (κ1) is 24.0. The maximum atomic E-state index is 12.7. The van der Waals surface area contributed by atoms with E-state index >= 15 is 0 Å². The van der Waals surface area contributed by atoms with Crippen molar-refractivity contribution in [2.24, 2.45) is 0 Å². The Morgan fingerprint density at radius 2 is 1.61 bits per heavy atom. The normalized spacial score (nSPS) is 14.3. The zero-order chi connectivity index (χ0) is 24.6. The SMILES string of the molecule is O=c1cc(-c2ccccc2)oc2ccc(OCCCCCCN3CCN(c4ncccn4)CC3)cc12. The minimum Gasteiger partial charge on any atom is -0.494 e. The van der Waals surface area contributed by atoms with Crippen molar-refractivity contribution in [1.29, 1.82) is 0 Å². The molecule has 186 valence electrons. The predicted octanol–water partition coefficient (Wildman–Crippen LogP) is 5.01. The van der Waals surface area contributed by atoms with Gasteiger partial charge in [-0.15, -0.1) is 0 Å². The van der Waals surface area contributed by atoms with Crippen LogP contribution in [0.25, 0.3) is 22.3 Å². The summed E-state index contributed by atoms with van der Waals surface area (Å²) in [6, 6.07) is 18.6. The Balaban J connectivity index is 1.01. The fourth-order valence-corrected chi connectivity index (χ4v) is 4.58. The van der Waals surface area contributed by atoms with Crippen LogP contribution in [0, 0.1) is 0 Å². The van der Waals surface area contributed by atoms with Crippen LogP contribution < -0.4 is 15.1 Å². The highest BCUT2D eigenvalue weighted by Crippen LogP contribution is 2.24. The standard InChI is InChI=1S/C29H32N4O3/c34-26-22-28(23-9-4-3-5-10-23)36-27-12-11-24(21-25(26)27)35-20-7-2-1-6-15-32-16-18-33(19-17-32)29-30-13-8-14-31-29/h3-5,8-14,21-22H,1-2,6-7,15-20H2. The van der Waals surface area contributed by atoms with Gasteiger partial charge in [0.15, 0.2) is 5.43 Å². The lowest BCUT2D eigenvalue weighted by Crippen LogP contribution is -2.47. The van der Waals surface area contributed by atoms with Crippen molar-refractivity contribution < 1.29 is 9.15 Å². The van der Waals surface area contributed by atoms with Crippen molar-refractivity contribution in [1.82, 2.24) is 14.9 Å². The molecule has 0 unspecified atom stereocenters. The van der Waals surface area contributed by atoms with E-state index in [2.05, 4.69) is 19.8 Å². The van der Waals surface area contributed by atoms with Gasteiger partial charge in [0.1, 0.15) is 17.1 Å². The van der Waals surface area contributed by atoms with E-state index in [1.807, 2.05) is 48.5 Å². The largest absolute Gasteiger partial charge is 0.494 e. The number of nitrogens with zero attached hydrogens (tertiary/aromatic N) is 4. The summed E-state index contributed by atoms with van der Waals surface area (Å²) < 4.78 is 11.9. The van der Waals surface area contributed by atoms with E-state index in [9.17, 15) is 4.79 Å². The number of anilines is 1. The molecule has 0 radical (unpaired) electrons. The molecule has 0 bridgehead atoms. The summed E-state index contributed by atoms with van der Waals surface area (Å²) in [6.45, 7) is 5.86. The van der Waals surface area contributed by atoms with Gasteiger partial charge in [-0.3, -0.25) is 9.69 Å². The Morgan fingerprint density at radius 1 is 0.833 bits per heavy atom. The molecule has 4 aromatic rings. The minimum absolute atomic E-state index is 0.0577. The van der Waals surface area contributed by atoms with Gasteiger partial charge in [-0.25, -0.2) is 9.97 Å². The second kappa shape index (κ2) is 11.8. The molecule has 0 spiro atoms. The molecule has 2 aromatic heterocycles. The number of benzene rings is 2. The zero-order valence-electron chi connectivity index (χ0n) is 20.5. The molecule has 0 aliphatic carbocycles. The van der Waals surface area contributed by atoms with Gasteiger partial charge >= 0.3 is 0 Å². The van der Waals surface area contributed by atoms with Gasteiger partial charge in [0.25, 0.3) is 0 Å². The lowest BCUT2D eigenvalue weighted by molar-refractivity contribution is 0.248. The lowest BCUT2D eigenvalue weighted by atomic mass is 10.1. The van der Waals surface area contributed by atoms with E-state index in [0.29, 0.717) is 29.1 Å². The number of fused-ring (bicyclic) bond motifs is 1. The molecule has 2 aromatic carbocycles. The fraction of sp³-hybridized carbons (Fsp3) is 0.345. The molecule has 7 heteroatoms. The Hall–Kier alpha value is -3.71. The average molecular weight is 485 g/mol. The first-order chi connectivity index (χ1) is 17.8. The second-order valence-corrected chi connectivity index (χ2v) is 9.14. The van der Waals surface area contributed by atoms with Crippen LogP contribution in [0.1, 0.15) is 25.7 Å². The zero-order valence-corrected chi connectivity index (χ0v) is 20.5. The summed E-state index contributed by atoms with van der Waals surface area (Å²) in [5.74, 6) is 2.12. The first-order valence-electron chi connectivity index (χ1n) is 12.8. The third-order valence-electron chi connectivity index (χ3n) is 6.60. The molecule has 36 heavy (non-hydrogen) atoms. The van der Waals surface area contributed by atoms with Crippen molar-refractivity contribution in [2.45, 2.75) is 25.7 Å². The van der Waals surface area contributed by atoms with Crippen LogP contribution >= 0.6 is 0 Å². The molecule has 3 heterocycles. The molecule has 5 rings (SSSR count). The highest BCUT2D eigenvalue weighted by atomic mass is 16.5. The summed E-state index contributed by atoms with van der Waals surface area (Å²) >= 11 is 0. The van der Waals surface area contributed by atoms with Crippen LogP contribution in [-0.2, 0) is 0 Å². The molecule has 1 aliphatic heterocycles. The van der Waals surface area contributed by atoms with Gasteiger partial charge in [-0.05, 0) is 43.7 Å². The molecular formula is C29H32N4O3. The van der Waals surface area contributed by atoms with E-state index in [1.165, 1.54) is 12.8 Å². The van der Waals surface area contributed by atoms with Crippen LogP contribution in [0.2, 0.25) is 0 Å². The topological polar surface area (TPSA) is 71.7 Å². The predicted molar refractivity (Wildman–Crippen MR) is 143 cm³/mol. The summed E-state index contributed by atoms with van der Waals surface area (Å²) in [5.41, 5.74) is 1.41. The van der Waals surface area contributed by atoms with Gasteiger partial charge in [0.05, 0.1) is 12.0 Å². The smallest absolute Gasteiger partial charge is 0.225 e. The maximum Gasteiger partial charge on any atom is 0.225 e. The second-order valence-electron chi connectivity index (χ2n) is 9.14. The molecule has 0 atom stereocenters.